The highest BCUT2D eigenvalue weighted by atomic mass is 32.2. The van der Waals surface area contributed by atoms with Gasteiger partial charge in [-0.15, -0.1) is 0 Å². The number of pyridine rings is 1. The number of carbonyl (C=O) groups excluding carboxylic acids is 2. The van der Waals surface area contributed by atoms with Gasteiger partial charge in [0.15, 0.2) is 0 Å². The minimum absolute atomic E-state index is 0.00445. The molecule has 0 unspecified atom stereocenters. The van der Waals surface area contributed by atoms with E-state index in [1.54, 1.807) is 24.5 Å². The van der Waals surface area contributed by atoms with E-state index in [4.69, 9.17) is 4.74 Å². The van der Waals surface area contributed by atoms with Crippen LogP contribution in [0.25, 0.3) is 0 Å². The average Bonchev–Trinajstić information content (AvgIpc) is 3.50. The molecule has 0 bridgehead atoms. The number of sulfonamides is 1. The number of amides is 2. The van der Waals surface area contributed by atoms with E-state index in [9.17, 15) is 23.1 Å². The molecule has 0 saturated heterocycles. The van der Waals surface area contributed by atoms with Gasteiger partial charge >= 0.3 is 6.09 Å². The molecule has 1 aromatic heterocycles. The van der Waals surface area contributed by atoms with Crippen LogP contribution in [0.15, 0.2) is 84.0 Å². The van der Waals surface area contributed by atoms with E-state index in [0.29, 0.717) is 11.3 Å². The van der Waals surface area contributed by atoms with Crippen LogP contribution in [0, 0.1) is 5.92 Å². The van der Waals surface area contributed by atoms with Gasteiger partial charge < -0.3 is 20.5 Å². The molecular formula is C31H38N4O6S. The maximum Gasteiger partial charge on any atom is 0.407 e. The molecule has 224 valence electrons. The van der Waals surface area contributed by atoms with Crippen molar-refractivity contribution in [1.29, 1.82) is 0 Å². The third-order valence-corrected chi connectivity index (χ3v) is 9.14. The summed E-state index contributed by atoms with van der Waals surface area (Å²) in [6.45, 7) is 1.43. The van der Waals surface area contributed by atoms with Crippen LogP contribution in [0.5, 0.6) is 0 Å². The van der Waals surface area contributed by atoms with Crippen LogP contribution in [0.4, 0.5) is 10.5 Å². The van der Waals surface area contributed by atoms with Crippen LogP contribution in [-0.2, 0) is 32.6 Å². The van der Waals surface area contributed by atoms with Crippen LogP contribution in [-0.4, -0.2) is 60.0 Å². The van der Waals surface area contributed by atoms with Crippen molar-refractivity contribution in [2.24, 2.45) is 5.92 Å². The Balaban J connectivity index is 1.53. The molecular weight excluding hydrogens is 556 g/mol. The Morgan fingerprint density at radius 2 is 1.71 bits per heavy atom. The zero-order valence-electron chi connectivity index (χ0n) is 23.7. The largest absolute Gasteiger partial charge is 0.445 e. The lowest BCUT2D eigenvalue weighted by Crippen LogP contribution is -2.51. The minimum atomic E-state index is -4.00. The van der Waals surface area contributed by atoms with Gasteiger partial charge in [0.25, 0.3) is 0 Å². The SMILES string of the molecule is CC(=O)Nc1ccc(S(=O)(=O)N(CC2CCCC2)C[C@@H](O)[C@H](Cc2ccccc2)NC(=O)OCc2cccnc2)cc1. The maximum absolute atomic E-state index is 13.9. The Bertz CT molecular complexity index is 1400. The smallest absolute Gasteiger partial charge is 0.407 e. The summed E-state index contributed by atoms with van der Waals surface area (Å²) in [5.74, 6) is -0.0804. The maximum atomic E-state index is 13.9. The molecule has 42 heavy (non-hydrogen) atoms. The van der Waals surface area contributed by atoms with Crippen LogP contribution in [0.3, 0.4) is 0 Å². The van der Waals surface area contributed by atoms with E-state index in [-0.39, 0.29) is 42.8 Å². The van der Waals surface area contributed by atoms with Crippen molar-refractivity contribution in [3.8, 4) is 0 Å². The molecule has 4 rings (SSSR count). The molecule has 1 aliphatic rings. The van der Waals surface area contributed by atoms with Gasteiger partial charge in [-0.05, 0) is 61.1 Å². The van der Waals surface area contributed by atoms with Gasteiger partial charge in [-0.2, -0.15) is 4.31 Å². The van der Waals surface area contributed by atoms with E-state index in [2.05, 4.69) is 15.6 Å². The third-order valence-electron chi connectivity index (χ3n) is 7.30. The molecule has 2 atom stereocenters. The quantitative estimate of drug-likeness (QED) is 0.271. The summed E-state index contributed by atoms with van der Waals surface area (Å²) in [5, 5.41) is 16.9. The zero-order chi connectivity index (χ0) is 30.0. The number of hydrogen-bond donors (Lipinski definition) is 3. The molecule has 1 aliphatic carbocycles. The topological polar surface area (TPSA) is 138 Å². The highest BCUT2D eigenvalue weighted by Crippen LogP contribution is 2.28. The number of aromatic nitrogens is 1. The Kier molecular flexibility index (Phi) is 11.0. The predicted molar refractivity (Wildman–Crippen MR) is 159 cm³/mol. The fraction of sp³-hybridized carbons (Fsp3) is 0.387. The second-order valence-electron chi connectivity index (χ2n) is 10.6. The van der Waals surface area contributed by atoms with E-state index in [1.807, 2.05) is 30.3 Å². The van der Waals surface area contributed by atoms with Crippen molar-refractivity contribution < 1.29 is 27.9 Å². The van der Waals surface area contributed by atoms with Gasteiger partial charge in [0.05, 0.1) is 17.0 Å². The number of aliphatic hydroxyl groups excluding tert-OH is 1. The van der Waals surface area contributed by atoms with E-state index < -0.39 is 28.3 Å². The second-order valence-corrected chi connectivity index (χ2v) is 12.6. The summed E-state index contributed by atoms with van der Waals surface area (Å²) < 4.78 is 34.4. The first-order valence-electron chi connectivity index (χ1n) is 14.1. The molecule has 10 nitrogen and oxygen atoms in total. The van der Waals surface area contributed by atoms with Crippen molar-refractivity contribution >= 4 is 27.7 Å². The molecule has 0 aliphatic heterocycles. The summed E-state index contributed by atoms with van der Waals surface area (Å²) in [5.41, 5.74) is 2.07. The van der Waals surface area contributed by atoms with Crippen LogP contribution in [0.1, 0.15) is 43.7 Å². The van der Waals surface area contributed by atoms with Crippen LogP contribution in [0.2, 0.25) is 0 Å². The number of ether oxygens (including phenoxy) is 1. The molecule has 3 aromatic rings. The molecule has 1 heterocycles. The summed E-state index contributed by atoms with van der Waals surface area (Å²) in [6, 6.07) is 18.0. The molecule has 0 radical (unpaired) electrons. The van der Waals surface area contributed by atoms with Gasteiger partial charge in [-0.25, -0.2) is 13.2 Å². The first kappa shape index (κ1) is 31.1. The predicted octanol–water partition coefficient (Wildman–Crippen LogP) is 4.12. The number of carbonyl (C=O) groups is 2. The van der Waals surface area contributed by atoms with Crippen molar-refractivity contribution in [2.45, 2.75) is 62.7 Å². The summed E-state index contributed by atoms with van der Waals surface area (Å²) >= 11 is 0. The zero-order valence-corrected chi connectivity index (χ0v) is 24.5. The van der Waals surface area contributed by atoms with E-state index in [0.717, 1.165) is 31.2 Å². The van der Waals surface area contributed by atoms with Crippen LogP contribution < -0.4 is 10.6 Å². The number of anilines is 1. The fourth-order valence-electron chi connectivity index (χ4n) is 5.13. The van der Waals surface area contributed by atoms with Crippen molar-refractivity contribution in [1.82, 2.24) is 14.6 Å². The minimum Gasteiger partial charge on any atom is -0.445 e. The highest BCUT2D eigenvalue weighted by Gasteiger charge is 2.33. The number of rotatable bonds is 13. The number of nitrogens with zero attached hydrogens (tertiary/aromatic N) is 2. The monoisotopic (exact) mass is 594 g/mol. The van der Waals surface area contributed by atoms with Crippen LogP contribution >= 0.6 is 0 Å². The normalized spacial score (nSPS) is 15.2. The Morgan fingerprint density at radius 3 is 2.36 bits per heavy atom. The molecule has 2 amide bonds. The second kappa shape index (κ2) is 14.9. The van der Waals surface area contributed by atoms with E-state index >= 15 is 0 Å². The van der Waals surface area contributed by atoms with Gasteiger partial charge in [-0.1, -0.05) is 49.2 Å². The number of aliphatic hydroxyl groups is 1. The lowest BCUT2D eigenvalue weighted by molar-refractivity contribution is -0.114. The number of nitrogens with one attached hydrogen (secondary N) is 2. The molecule has 1 saturated carbocycles. The highest BCUT2D eigenvalue weighted by molar-refractivity contribution is 7.89. The number of benzene rings is 2. The molecule has 3 N–H and O–H groups in total. The van der Waals surface area contributed by atoms with Gasteiger partial charge in [0, 0.05) is 43.7 Å². The molecule has 1 fully saturated rings. The van der Waals surface area contributed by atoms with Crippen molar-refractivity contribution in [3.05, 3.63) is 90.3 Å². The lowest BCUT2D eigenvalue weighted by atomic mass is 10.0. The fourth-order valence-corrected chi connectivity index (χ4v) is 6.66. The summed E-state index contributed by atoms with van der Waals surface area (Å²) in [6.07, 6.45) is 5.43. The van der Waals surface area contributed by atoms with Gasteiger partial charge in [0.1, 0.15) is 6.61 Å². The number of hydrogen-bond acceptors (Lipinski definition) is 7. The standard InChI is InChI=1S/C31H38N4O6S/c1-23(36)33-27-13-15-28(16-14-27)42(39,40)35(20-25-10-5-6-11-25)21-30(37)29(18-24-8-3-2-4-9-24)34-31(38)41-22-26-12-7-17-32-19-26/h2-4,7-9,12-17,19,25,29-30,37H,5-6,10-11,18,20-22H2,1H3,(H,33,36)(H,34,38)/t29-,30+/m0/s1. The summed E-state index contributed by atoms with van der Waals surface area (Å²) in [4.78, 5) is 28.3. The van der Waals surface area contributed by atoms with Crippen molar-refractivity contribution in [2.75, 3.05) is 18.4 Å². The first-order chi connectivity index (χ1) is 20.2. The van der Waals surface area contributed by atoms with Crippen molar-refractivity contribution in [3.63, 3.8) is 0 Å². The van der Waals surface area contributed by atoms with Gasteiger partial charge in [0.2, 0.25) is 15.9 Å². The lowest BCUT2D eigenvalue weighted by Gasteiger charge is -2.31. The van der Waals surface area contributed by atoms with Gasteiger partial charge in [-0.3, -0.25) is 9.78 Å². The average molecular weight is 595 g/mol. The van der Waals surface area contributed by atoms with E-state index in [1.165, 1.54) is 35.5 Å². The molecule has 0 spiro atoms. The number of alkyl carbamates (subject to hydrolysis) is 1. The Hall–Kier alpha value is -3.80. The molecule has 11 heteroatoms. The first-order valence-corrected chi connectivity index (χ1v) is 15.6. The third kappa shape index (κ3) is 9.10. The molecule has 2 aromatic carbocycles. The Labute approximate surface area is 247 Å². The summed E-state index contributed by atoms with van der Waals surface area (Å²) in [7, 11) is -4.00. The Morgan fingerprint density at radius 1 is 1.02 bits per heavy atom.